The quantitative estimate of drug-likeness (QED) is 0.364. The smallest absolute Gasteiger partial charge is 0.174 e. The lowest BCUT2D eigenvalue weighted by molar-refractivity contribution is 0.627. The van der Waals surface area contributed by atoms with Gasteiger partial charge in [-0.15, -0.1) is 0 Å². The molecule has 5 aromatic rings. The first-order valence-electron chi connectivity index (χ1n) is 11.1. The van der Waals surface area contributed by atoms with Crippen LogP contribution in [0.5, 0.6) is 0 Å². The average Bonchev–Trinajstić information content (AvgIpc) is 2.92. The van der Waals surface area contributed by atoms with Crippen molar-refractivity contribution < 1.29 is 4.39 Å². The van der Waals surface area contributed by atoms with Crippen molar-refractivity contribution in [2.75, 3.05) is 5.32 Å². The third-order valence-electron chi connectivity index (χ3n) is 5.63. The van der Waals surface area contributed by atoms with E-state index in [0.717, 1.165) is 34.1 Å². The van der Waals surface area contributed by atoms with Gasteiger partial charge in [0.2, 0.25) is 0 Å². The molecule has 8 heteroatoms. The second kappa shape index (κ2) is 9.61. The maximum Gasteiger partial charge on any atom is 0.174 e. The van der Waals surface area contributed by atoms with E-state index in [-0.39, 0.29) is 12.4 Å². The van der Waals surface area contributed by atoms with E-state index in [0.29, 0.717) is 22.5 Å². The van der Waals surface area contributed by atoms with Crippen molar-refractivity contribution >= 4 is 16.7 Å². The van der Waals surface area contributed by atoms with E-state index in [1.807, 2.05) is 31.2 Å². The van der Waals surface area contributed by atoms with Crippen LogP contribution in [0.25, 0.3) is 33.4 Å². The van der Waals surface area contributed by atoms with Crippen molar-refractivity contribution in [3.05, 3.63) is 96.1 Å². The standard InChI is InChI=1S/C27H20FN7/c1-2-21-11-19(5-8-30-21)26-20(13-29)10-17(14-34-26)15-35-27-25(28)22(6-9-32-27)23-12-18-4-3-7-31-24(18)16-33-23/h3-12,14,16H,2,15H2,1H3,(H,32,35). The molecule has 0 fully saturated rings. The molecule has 35 heavy (non-hydrogen) atoms. The molecule has 5 rings (SSSR count). The van der Waals surface area contributed by atoms with Gasteiger partial charge in [0.15, 0.2) is 11.6 Å². The van der Waals surface area contributed by atoms with Gasteiger partial charge in [-0.2, -0.15) is 5.26 Å². The summed E-state index contributed by atoms with van der Waals surface area (Å²) < 4.78 is 15.3. The third-order valence-corrected chi connectivity index (χ3v) is 5.63. The Morgan fingerprint density at radius 1 is 0.943 bits per heavy atom. The normalized spacial score (nSPS) is 10.8. The summed E-state index contributed by atoms with van der Waals surface area (Å²) in [5.41, 5.74) is 5.11. The lowest BCUT2D eigenvalue weighted by Gasteiger charge is -2.11. The predicted octanol–water partition coefficient (Wildman–Crippen LogP) is 5.33. The van der Waals surface area contributed by atoms with Crippen molar-refractivity contribution in [2.45, 2.75) is 19.9 Å². The Balaban J connectivity index is 1.39. The number of nitrogens with one attached hydrogen (secondary N) is 1. The highest BCUT2D eigenvalue weighted by Crippen LogP contribution is 2.27. The molecule has 5 heterocycles. The molecule has 0 atom stereocenters. The minimum Gasteiger partial charge on any atom is -0.363 e. The SMILES string of the molecule is CCc1cc(-c2ncc(CNc3nccc(-c4cc5cccnc5cn4)c3F)cc2C#N)ccn1. The lowest BCUT2D eigenvalue weighted by atomic mass is 10.0. The van der Waals surface area contributed by atoms with Gasteiger partial charge in [-0.05, 0) is 48.4 Å². The van der Waals surface area contributed by atoms with Gasteiger partial charge in [-0.1, -0.05) is 13.0 Å². The van der Waals surface area contributed by atoms with Crippen LogP contribution in [0.2, 0.25) is 0 Å². The zero-order valence-electron chi connectivity index (χ0n) is 18.9. The van der Waals surface area contributed by atoms with Crippen LogP contribution in [0.1, 0.15) is 23.7 Å². The predicted molar refractivity (Wildman–Crippen MR) is 132 cm³/mol. The molecule has 0 radical (unpaired) electrons. The number of nitrogens with zero attached hydrogens (tertiary/aromatic N) is 6. The van der Waals surface area contributed by atoms with Crippen molar-refractivity contribution in [3.8, 4) is 28.6 Å². The first kappa shape index (κ1) is 22.0. The third kappa shape index (κ3) is 4.52. The number of hydrogen-bond acceptors (Lipinski definition) is 7. The van der Waals surface area contributed by atoms with Crippen molar-refractivity contribution in [3.63, 3.8) is 0 Å². The fourth-order valence-corrected chi connectivity index (χ4v) is 3.81. The van der Waals surface area contributed by atoms with E-state index in [2.05, 4.69) is 36.3 Å². The summed E-state index contributed by atoms with van der Waals surface area (Å²) in [5.74, 6) is -0.405. The Kier molecular flexibility index (Phi) is 6.05. The fourth-order valence-electron chi connectivity index (χ4n) is 3.81. The Bertz CT molecular complexity index is 1580. The fraction of sp³-hybridized carbons (Fsp3) is 0.111. The maximum absolute atomic E-state index is 15.3. The van der Waals surface area contributed by atoms with Gasteiger partial charge in [-0.25, -0.2) is 9.37 Å². The zero-order valence-corrected chi connectivity index (χ0v) is 18.9. The summed E-state index contributed by atoms with van der Waals surface area (Å²) in [6.07, 6.45) is 9.04. The van der Waals surface area contributed by atoms with Gasteiger partial charge in [0, 0.05) is 53.5 Å². The molecule has 0 aliphatic carbocycles. The van der Waals surface area contributed by atoms with Gasteiger partial charge in [0.25, 0.3) is 0 Å². The molecule has 0 unspecified atom stereocenters. The monoisotopic (exact) mass is 461 g/mol. The van der Waals surface area contributed by atoms with Crippen LogP contribution in [0.4, 0.5) is 10.2 Å². The van der Waals surface area contributed by atoms with Gasteiger partial charge in [-0.3, -0.25) is 19.9 Å². The topological polar surface area (TPSA) is 100 Å². The van der Waals surface area contributed by atoms with Crippen molar-refractivity contribution in [1.29, 1.82) is 5.26 Å². The Labute approximate surface area is 201 Å². The lowest BCUT2D eigenvalue weighted by Crippen LogP contribution is -2.06. The number of nitriles is 1. The molecule has 170 valence electrons. The summed E-state index contributed by atoms with van der Waals surface area (Å²) >= 11 is 0. The van der Waals surface area contributed by atoms with Gasteiger partial charge in [0.1, 0.15) is 6.07 Å². The Morgan fingerprint density at radius 2 is 1.83 bits per heavy atom. The van der Waals surface area contributed by atoms with Gasteiger partial charge >= 0.3 is 0 Å². The second-order valence-corrected chi connectivity index (χ2v) is 7.88. The molecular weight excluding hydrogens is 441 g/mol. The van der Waals surface area contributed by atoms with Crippen LogP contribution in [0.15, 0.2) is 73.4 Å². The highest BCUT2D eigenvalue weighted by Gasteiger charge is 2.14. The van der Waals surface area contributed by atoms with Crippen LogP contribution in [0, 0.1) is 17.1 Å². The van der Waals surface area contributed by atoms with E-state index < -0.39 is 5.82 Å². The molecule has 0 aliphatic rings. The highest BCUT2D eigenvalue weighted by atomic mass is 19.1. The van der Waals surface area contributed by atoms with Crippen LogP contribution >= 0.6 is 0 Å². The molecule has 0 saturated carbocycles. The number of aryl methyl sites for hydroxylation is 1. The van der Waals surface area contributed by atoms with Crippen molar-refractivity contribution in [2.24, 2.45) is 0 Å². The summed E-state index contributed by atoms with van der Waals surface area (Å²) in [6, 6.07) is 14.9. The molecule has 0 aromatic carbocycles. The molecule has 0 saturated heterocycles. The molecule has 1 N–H and O–H groups in total. The zero-order chi connectivity index (χ0) is 24.2. The summed E-state index contributed by atoms with van der Waals surface area (Å²) in [4.78, 5) is 21.6. The summed E-state index contributed by atoms with van der Waals surface area (Å²) in [6.45, 7) is 2.27. The minimum absolute atomic E-state index is 0.0971. The Hall–Kier alpha value is -4.77. The largest absolute Gasteiger partial charge is 0.363 e. The highest BCUT2D eigenvalue weighted by molar-refractivity contribution is 5.82. The molecule has 7 nitrogen and oxygen atoms in total. The number of pyridine rings is 5. The van der Waals surface area contributed by atoms with Crippen LogP contribution in [-0.2, 0) is 13.0 Å². The van der Waals surface area contributed by atoms with E-state index in [1.165, 1.54) is 6.20 Å². The first-order chi connectivity index (χ1) is 17.2. The molecular formula is C27H20FN7. The van der Waals surface area contributed by atoms with E-state index in [9.17, 15) is 5.26 Å². The number of rotatable bonds is 6. The Morgan fingerprint density at radius 3 is 2.69 bits per heavy atom. The van der Waals surface area contributed by atoms with Crippen LogP contribution in [-0.4, -0.2) is 24.9 Å². The number of anilines is 1. The average molecular weight is 462 g/mol. The number of fused-ring (bicyclic) bond motifs is 1. The number of aromatic nitrogens is 5. The second-order valence-electron chi connectivity index (χ2n) is 7.88. The van der Waals surface area contributed by atoms with Gasteiger partial charge < -0.3 is 5.32 Å². The van der Waals surface area contributed by atoms with Crippen LogP contribution < -0.4 is 5.32 Å². The van der Waals surface area contributed by atoms with Crippen molar-refractivity contribution in [1.82, 2.24) is 24.9 Å². The molecule has 0 spiro atoms. The maximum atomic E-state index is 15.3. The van der Waals surface area contributed by atoms with Crippen LogP contribution in [0.3, 0.4) is 0 Å². The molecule has 5 aromatic heterocycles. The van der Waals surface area contributed by atoms with Gasteiger partial charge in [0.05, 0.1) is 28.7 Å². The summed E-state index contributed by atoms with van der Waals surface area (Å²) in [7, 11) is 0. The van der Waals surface area contributed by atoms with E-state index >= 15 is 4.39 Å². The first-order valence-corrected chi connectivity index (χ1v) is 11.1. The minimum atomic E-state index is -0.503. The number of halogens is 1. The van der Waals surface area contributed by atoms with E-state index in [4.69, 9.17) is 0 Å². The van der Waals surface area contributed by atoms with E-state index in [1.54, 1.807) is 43.0 Å². The molecule has 0 bridgehead atoms. The molecule has 0 aliphatic heterocycles. The number of hydrogen-bond donors (Lipinski definition) is 1. The summed E-state index contributed by atoms with van der Waals surface area (Å²) in [5, 5.41) is 13.6. The molecule has 0 amide bonds.